The second-order valence-corrected chi connectivity index (χ2v) is 3.78. The lowest BCUT2D eigenvalue weighted by Gasteiger charge is -2.02. The molecule has 17 heavy (non-hydrogen) atoms. The van der Waals surface area contributed by atoms with Crippen molar-refractivity contribution in [3.05, 3.63) is 52.7 Å². The molecule has 0 atom stereocenters. The number of aromatic carboxylic acids is 1. The smallest absolute Gasteiger partial charge is 0.371 e. The molecule has 4 nitrogen and oxygen atoms in total. The Labute approximate surface area is 102 Å². The molecule has 2 rings (SSSR count). The van der Waals surface area contributed by atoms with E-state index in [0.29, 0.717) is 11.6 Å². The van der Waals surface area contributed by atoms with Crippen molar-refractivity contribution in [3.8, 4) is 5.95 Å². The summed E-state index contributed by atoms with van der Waals surface area (Å²) in [4.78, 5) is 10.6. The molecule has 0 aliphatic rings. The molecule has 1 aromatic carbocycles. The van der Waals surface area contributed by atoms with E-state index in [2.05, 4.69) is 0 Å². The Morgan fingerprint density at radius 3 is 2.53 bits per heavy atom. The normalized spacial score (nSPS) is 10.2. The van der Waals surface area contributed by atoms with Gasteiger partial charge in [-0.2, -0.15) is 0 Å². The highest BCUT2D eigenvalue weighted by molar-refractivity contribution is 6.30. The fraction of sp³-hybridized carbons (Fsp3) is 0.0833. The van der Waals surface area contributed by atoms with Crippen LogP contribution in [0.2, 0.25) is 5.02 Å². The second-order valence-electron chi connectivity index (χ2n) is 3.34. The Kier molecular flexibility index (Phi) is 3.35. The van der Waals surface area contributed by atoms with Crippen molar-refractivity contribution in [1.82, 2.24) is 0 Å². The number of furan rings is 1. The molecule has 88 valence electrons. The van der Waals surface area contributed by atoms with Crippen LogP contribution < -0.4 is 4.74 Å². The molecule has 0 fully saturated rings. The molecule has 0 amide bonds. The zero-order valence-electron chi connectivity index (χ0n) is 8.72. The number of halogens is 1. The number of carboxylic acid groups (broad SMARTS) is 1. The number of hydrogen-bond acceptors (Lipinski definition) is 3. The Bertz CT molecular complexity index is 516. The molecule has 5 heteroatoms. The van der Waals surface area contributed by atoms with Gasteiger partial charge < -0.3 is 14.3 Å². The number of carbonyl (C=O) groups is 1. The number of ether oxygens (including phenoxy) is 1. The molecule has 0 saturated heterocycles. The van der Waals surface area contributed by atoms with E-state index in [1.165, 1.54) is 12.1 Å². The van der Waals surface area contributed by atoms with Crippen molar-refractivity contribution in [2.75, 3.05) is 0 Å². The number of benzene rings is 1. The third-order valence-corrected chi connectivity index (χ3v) is 2.34. The summed E-state index contributed by atoms with van der Waals surface area (Å²) < 4.78 is 10.2. The van der Waals surface area contributed by atoms with E-state index in [-0.39, 0.29) is 11.7 Å². The molecule has 0 saturated carbocycles. The van der Waals surface area contributed by atoms with Crippen molar-refractivity contribution in [2.24, 2.45) is 0 Å². The van der Waals surface area contributed by atoms with Crippen LogP contribution in [-0.4, -0.2) is 11.1 Å². The molecule has 0 aliphatic heterocycles. The quantitative estimate of drug-likeness (QED) is 0.908. The Morgan fingerprint density at radius 1 is 1.24 bits per heavy atom. The van der Waals surface area contributed by atoms with Crippen LogP contribution in [0.3, 0.4) is 0 Å². The lowest BCUT2D eigenvalue weighted by molar-refractivity contribution is 0.0652. The first-order valence-corrected chi connectivity index (χ1v) is 5.23. The minimum atomic E-state index is -1.12. The van der Waals surface area contributed by atoms with Crippen LogP contribution in [0.25, 0.3) is 0 Å². The number of hydrogen-bond donors (Lipinski definition) is 1. The highest BCUT2D eigenvalue weighted by Gasteiger charge is 2.09. The number of rotatable bonds is 4. The van der Waals surface area contributed by atoms with Gasteiger partial charge in [-0.05, 0) is 23.8 Å². The molecular weight excluding hydrogens is 244 g/mol. The van der Waals surface area contributed by atoms with Gasteiger partial charge in [-0.1, -0.05) is 23.7 Å². The topological polar surface area (TPSA) is 59.7 Å². The van der Waals surface area contributed by atoms with Crippen molar-refractivity contribution >= 4 is 17.6 Å². The van der Waals surface area contributed by atoms with Crippen LogP contribution in [0.4, 0.5) is 0 Å². The molecule has 0 aliphatic carbocycles. The van der Waals surface area contributed by atoms with Gasteiger partial charge in [0.2, 0.25) is 5.76 Å². The van der Waals surface area contributed by atoms with Gasteiger partial charge in [-0.15, -0.1) is 0 Å². The first-order chi connectivity index (χ1) is 8.15. The maximum absolute atomic E-state index is 10.6. The van der Waals surface area contributed by atoms with Gasteiger partial charge in [0.15, 0.2) is 0 Å². The molecule has 1 aromatic heterocycles. The molecule has 0 unspecified atom stereocenters. The summed E-state index contributed by atoms with van der Waals surface area (Å²) in [6.07, 6.45) is 0. The standard InChI is InChI=1S/C12H9ClO4/c13-9-3-1-8(2-4-9)7-16-11-6-5-10(17-11)12(14)15/h1-6H,7H2,(H,14,15). The van der Waals surface area contributed by atoms with Crippen LogP contribution in [-0.2, 0) is 6.61 Å². The van der Waals surface area contributed by atoms with Crippen LogP contribution in [0.15, 0.2) is 40.8 Å². The molecule has 0 radical (unpaired) electrons. The number of carboxylic acids is 1. The molecule has 2 aromatic rings. The Morgan fingerprint density at radius 2 is 1.94 bits per heavy atom. The fourth-order valence-electron chi connectivity index (χ4n) is 1.25. The molecule has 1 heterocycles. The summed E-state index contributed by atoms with van der Waals surface area (Å²) in [6.45, 7) is 0.295. The highest BCUT2D eigenvalue weighted by Crippen LogP contribution is 2.18. The summed E-state index contributed by atoms with van der Waals surface area (Å²) in [7, 11) is 0. The fourth-order valence-corrected chi connectivity index (χ4v) is 1.37. The van der Waals surface area contributed by atoms with E-state index in [0.717, 1.165) is 5.56 Å². The summed E-state index contributed by atoms with van der Waals surface area (Å²) in [5.74, 6) is -1.08. The first kappa shape index (κ1) is 11.5. The van der Waals surface area contributed by atoms with Gasteiger partial charge >= 0.3 is 5.97 Å². The minimum Gasteiger partial charge on any atom is -0.475 e. The van der Waals surface area contributed by atoms with Gasteiger partial charge in [0.25, 0.3) is 5.95 Å². The van der Waals surface area contributed by atoms with Crippen molar-refractivity contribution in [2.45, 2.75) is 6.61 Å². The van der Waals surface area contributed by atoms with Gasteiger partial charge in [-0.25, -0.2) is 4.79 Å². The van der Waals surface area contributed by atoms with Gasteiger partial charge in [0.05, 0.1) is 0 Å². The second kappa shape index (κ2) is 4.93. The van der Waals surface area contributed by atoms with E-state index < -0.39 is 5.97 Å². The summed E-state index contributed by atoms with van der Waals surface area (Å²) >= 11 is 5.74. The van der Waals surface area contributed by atoms with E-state index >= 15 is 0 Å². The largest absolute Gasteiger partial charge is 0.475 e. The van der Waals surface area contributed by atoms with Gasteiger partial charge in [-0.3, -0.25) is 0 Å². The van der Waals surface area contributed by atoms with E-state index in [1.54, 1.807) is 12.1 Å². The van der Waals surface area contributed by atoms with Crippen LogP contribution >= 0.6 is 11.6 Å². The van der Waals surface area contributed by atoms with Crippen molar-refractivity contribution in [1.29, 1.82) is 0 Å². The zero-order chi connectivity index (χ0) is 12.3. The lowest BCUT2D eigenvalue weighted by atomic mass is 10.2. The zero-order valence-corrected chi connectivity index (χ0v) is 9.48. The first-order valence-electron chi connectivity index (χ1n) is 4.85. The van der Waals surface area contributed by atoms with E-state index in [9.17, 15) is 4.79 Å². The highest BCUT2D eigenvalue weighted by atomic mass is 35.5. The Balaban J connectivity index is 1.97. The third-order valence-electron chi connectivity index (χ3n) is 2.09. The Hall–Kier alpha value is -1.94. The van der Waals surface area contributed by atoms with Gasteiger partial charge in [0, 0.05) is 11.1 Å². The third kappa shape index (κ3) is 3.01. The van der Waals surface area contributed by atoms with Gasteiger partial charge in [0.1, 0.15) is 6.61 Å². The molecule has 1 N–H and O–H groups in total. The maximum atomic E-state index is 10.6. The predicted octanol–water partition coefficient (Wildman–Crippen LogP) is 3.21. The SMILES string of the molecule is O=C(O)c1ccc(OCc2ccc(Cl)cc2)o1. The molecule has 0 spiro atoms. The van der Waals surface area contributed by atoms with E-state index in [1.807, 2.05) is 12.1 Å². The predicted molar refractivity (Wildman–Crippen MR) is 61.5 cm³/mol. The van der Waals surface area contributed by atoms with Crippen molar-refractivity contribution < 1.29 is 19.1 Å². The monoisotopic (exact) mass is 252 g/mol. The lowest BCUT2D eigenvalue weighted by Crippen LogP contribution is -1.94. The summed E-state index contributed by atoms with van der Waals surface area (Å²) in [5, 5.41) is 9.30. The van der Waals surface area contributed by atoms with Crippen molar-refractivity contribution in [3.63, 3.8) is 0 Å². The summed E-state index contributed by atoms with van der Waals surface area (Å²) in [5.41, 5.74) is 0.919. The van der Waals surface area contributed by atoms with Crippen LogP contribution in [0.5, 0.6) is 5.95 Å². The van der Waals surface area contributed by atoms with Crippen LogP contribution in [0, 0.1) is 0 Å². The average molecular weight is 253 g/mol. The molecule has 0 bridgehead atoms. The molecular formula is C12H9ClO4. The van der Waals surface area contributed by atoms with Crippen LogP contribution in [0.1, 0.15) is 16.1 Å². The minimum absolute atomic E-state index is 0.142. The average Bonchev–Trinajstić information content (AvgIpc) is 2.77. The van der Waals surface area contributed by atoms with E-state index in [4.69, 9.17) is 25.9 Å². The summed E-state index contributed by atoms with van der Waals surface area (Å²) in [6, 6.07) is 9.97. The maximum Gasteiger partial charge on any atom is 0.371 e.